The molecule has 0 radical (unpaired) electrons. The van der Waals surface area contributed by atoms with Gasteiger partial charge in [-0.25, -0.2) is 9.50 Å². The number of halogens is 3. The summed E-state index contributed by atoms with van der Waals surface area (Å²) in [6, 6.07) is 15.7. The Morgan fingerprint density at radius 2 is 1.89 bits per heavy atom. The molecule has 1 unspecified atom stereocenters. The van der Waals surface area contributed by atoms with Gasteiger partial charge >= 0.3 is 6.18 Å². The van der Waals surface area contributed by atoms with Crippen molar-refractivity contribution < 1.29 is 18.0 Å². The lowest BCUT2D eigenvalue weighted by Crippen LogP contribution is -2.31. The highest BCUT2D eigenvalue weighted by Gasteiger charge is 2.31. The van der Waals surface area contributed by atoms with Crippen molar-refractivity contribution in [1.82, 2.24) is 19.5 Å². The minimum absolute atomic E-state index is 0.0695. The van der Waals surface area contributed by atoms with E-state index in [1.54, 1.807) is 28.9 Å². The van der Waals surface area contributed by atoms with Crippen LogP contribution < -0.4 is 10.2 Å². The number of alkyl halides is 3. The highest BCUT2D eigenvalue weighted by Crippen LogP contribution is 2.30. The molecule has 1 N–H and O–H groups in total. The number of amides is 1. The van der Waals surface area contributed by atoms with Gasteiger partial charge in [-0.05, 0) is 56.9 Å². The molecular formula is C26H25F3N6O. The van der Waals surface area contributed by atoms with E-state index in [1.807, 2.05) is 18.2 Å². The zero-order chi connectivity index (χ0) is 25.4. The van der Waals surface area contributed by atoms with Gasteiger partial charge in [0.25, 0.3) is 5.91 Å². The van der Waals surface area contributed by atoms with E-state index < -0.39 is 17.6 Å². The number of nitrogens with zero attached hydrogens (tertiary/aromatic N) is 5. The van der Waals surface area contributed by atoms with Crippen molar-refractivity contribution in [3.8, 4) is 11.3 Å². The van der Waals surface area contributed by atoms with E-state index in [0.29, 0.717) is 17.4 Å². The number of carbonyl (C=O) groups is 1. The van der Waals surface area contributed by atoms with Gasteiger partial charge in [0.15, 0.2) is 11.5 Å². The predicted molar refractivity (Wildman–Crippen MR) is 132 cm³/mol. The molecule has 2 aromatic carbocycles. The molecule has 0 aliphatic carbocycles. The van der Waals surface area contributed by atoms with Crippen molar-refractivity contribution in [2.45, 2.75) is 18.6 Å². The molecular weight excluding hydrogens is 469 g/mol. The Kier molecular flexibility index (Phi) is 6.13. The predicted octanol–water partition coefficient (Wildman–Crippen LogP) is 4.81. The van der Waals surface area contributed by atoms with Gasteiger partial charge in [-0.2, -0.15) is 13.2 Å². The summed E-state index contributed by atoms with van der Waals surface area (Å²) >= 11 is 0. The van der Waals surface area contributed by atoms with Crippen LogP contribution in [0.15, 0.2) is 66.9 Å². The van der Waals surface area contributed by atoms with Crippen LogP contribution in [0.5, 0.6) is 0 Å². The summed E-state index contributed by atoms with van der Waals surface area (Å²) in [4.78, 5) is 21.6. The molecule has 0 bridgehead atoms. The van der Waals surface area contributed by atoms with Crippen molar-refractivity contribution in [2.75, 3.05) is 37.4 Å². The Morgan fingerprint density at radius 1 is 1.08 bits per heavy atom. The van der Waals surface area contributed by atoms with Crippen molar-refractivity contribution in [3.63, 3.8) is 0 Å². The minimum Gasteiger partial charge on any atom is -0.353 e. The summed E-state index contributed by atoms with van der Waals surface area (Å²) in [6.07, 6.45) is -1.75. The van der Waals surface area contributed by atoms with Crippen LogP contribution in [0.25, 0.3) is 16.9 Å². The molecule has 0 spiro atoms. The first-order valence-electron chi connectivity index (χ1n) is 11.5. The lowest BCUT2D eigenvalue weighted by Gasteiger charge is -2.19. The summed E-state index contributed by atoms with van der Waals surface area (Å²) in [5.74, 6) is 0.234. The fraction of sp³-hybridized carbons (Fsp3) is 0.269. The Hall–Kier alpha value is -3.92. The topological polar surface area (TPSA) is 65.8 Å². The highest BCUT2D eigenvalue weighted by atomic mass is 19.4. The molecule has 1 atom stereocenters. The number of hydrogen-bond acceptors (Lipinski definition) is 5. The molecule has 10 heteroatoms. The van der Waals surface area contributed by atoms with E-state index >= 15 is 0 Å². The zero-order valence-corrected chi connectivity index (χ0v) is 19.8. The van der Waals surface area contributed by atoms with E-state index in [9.17, 15) is 18.0 Å². The van der Waals surface area contributed by atoms with Gasteiger partial charge in [0, 0.05) is 48.2 Å². The molecule has 186 valence electrons. The van der Waals surface area contributed by atoms with E-state index in [-0.39, 0.29) is 5.56 Å². The number of carbonyl (C=O) groups excluding carboxylic acids is 1. The summed E-state index contributed by atoms with van der Waals surface area (Å²) in [7, 11) is 4.16. The molecule has 1 saturated heterocycles. The van der Waals surface area contributed by atoms with Crippen LogP contribution in [0.2, 0.25) is 0 Å². The normalized spacial score (nSPS) is 16.2. The van der Waals surface area contributed by atoms with Gasteiger partial charge < -0.3 is 15.1 Å². The van der Waals surface area contributed by atoms with Crippen LogP contribution in [0, 0.1) is 0 Å². The van der Waals surface area contributed by atoms with E-state index in [4.69, 9.17) is 5.10 Å². The maximum atomic E-state index is 13.0. The van der Waals surface area contributed by atoms with Crippen molar-refractivity contribution in [1.29, 1.82) is 0 Å². The third-order valence-electron chi connectivity index (χ3n) is 6.43. The Labute approximate surface area is 206 Å². The number of rotatable bonds is 5. The van der Waals surface area contributed by atoms with Crippen LogP contribution >= 0.6 is 0 Å². The number of fused-ring (bicyclic) bond motifs is 1. The molecule has 7 nitrogen and oxygen atoms in total. The molecule has 4 aromatic rings. The standard InChI is InChI=1S/C26H25F3N6O/c1-33(2)21-10-12-34(16-21)24-15-23-30-11-9-22(35(23)32-24)17-5-4-8-20(14-17)31-25(36)18-6-3-7-19(13-18)26(27,28)29/h3-9,11,13-15,21H,10,12,16H2,1-2H3,(H,31,36). The number of anilines is 2. The number of benzene rings is 2. The summed E-state index contributed by atoms with van der Waals surface area (Å²) in [6.45, 7) is 1.81. The van der Waals surface area contributed by atoms with Gasteiger partial charge in [0.2, 0.25) is 0 Å². The minimum atomic E-state index is -4.52. The van der Waals surface area contributed by atoms with Crippen LogP contribution in [-0.2, 0) is 6.18 Å². The molecule has 5 rings (SSSR count). The maximum absolute atomic E-state index is 13.0. The van der Waals surface area contributed by atoms with Crippen LogP contribution in [0.4, 0.5) is 24.7 Å². The number of likely N-dealkylation sites (N-methyl/N-ethyl adjacent to an activating group) is 1. The summed E-state index contributed by atoms with van der Waals surface area (Å²) in [5, 5.41) is 7.50. The molecule has 1 aliphatic heterocycles. The molecule has 36 heavy (non-hydrogen) atoms. The lowest BCUT2D eigenvalue weighted by atomic mass is 10.1. The second-order valence-corrected chi connectivity index (χ2v) is 9.07. The van der Waals surface area contributed by atoms with Crippen molar-refractivity contribution >= 4 is 23.1 Å². The number of aromatic nitrogens is 3. The van der Waals surface area contributed by atoms with Crippen molar-refractivity contribution in [2.24, 2.45) is 0 Å². The summed E-state index contributed by atoms with van der Waals surface area (Å²) in [5.41, 5.74) is 1.79. The van der Waals surface area contributed by atoms with Crippen LogP contribution in [0.3, 0.4) is 0 Å². The van der Waals surface area contributed by atoms with Gasteiger partial charge in [0.05, 0.1) is 11.3 Å². The third kappa shape index (κ3) is 4.76. The van der Waals surface area contributed by atoms with E-state index in [0.717, 1.165) is 48.7 Å². The van der Waals surface area contributed by atoms with Crippen LogP contribution in [0.1, 0.15) is 22.3 Å². The van der Waals surface area contributed by atoms with Crippen molar-refractivity contribution in [3.05, 3.63) is 78.0 Å². The average Bonchev–Trinajstić information content (AvgIpc) is 3.51. The Balaban J connectivity index is 1.40. The maximum Gasteiger partial charge on any atom is 0.416 e. The fourth-order valence-corrected chi connectivity index (χ4v) is 4.42. The van der Waals surface area contributed by atoms with Gasteiger partial charge in [-0.1, -0.05) is 18.2 Å². The van der Waals surface area contributed by atoms with Gasteiger partial charge in [-0.3, -0.25) is 4.79 Å². The molecule has 3 heterocycles. The molecule has 1 amide bonds. The van der Waals surface area contributed by atoms with E-state index in [1.165, 1.54) is 12.1 Å². The monoisotopic (exact) mass is 494 g/mol. The third-order valence-corrected chi connectivity index (χ3v) is 6.43. The largest absolute Gasteiger partial charge is 0.416 e. The highest BCUT2D eigenvalue weighted by molar-refractivity contribution is 6.04. The second-order valence-electron chi connectivity index (χ2n) is 9.07. The quantitative estimate of drug-likeness (QED) is 0.432. The van der Waals surface area contributed by atoms with Crippen LogP contribution in [-0.4, -0.2) is 58.6 Å². The van der Waals surface area contributed by atoms with Gasteiger partial charge in [-0.15, -0.1) is 5.10 Å². The fourth-order valence-electron chi connectivity index (χ4n) is 4.42. The van der Waals surface area contributed by atoms with E-state index in [2.05, 4.69) is 34.2 Å². The molecule has 2 aromatic heterocycles. The smallest absolute Gasteiger partial charge is 0.353 e. The van der Waals surface area contributed by atoms with Gasteiger partial charge in [0.1, 0.15) is 0 Å². The molecule has 1 aliphatic rings. The Morgan fingerprint density at radius 3 is 2.64 bits per heavy atom. The number of hydrogen-bond donors (Lipinski definition) is 1. The zero-order valence-electron chi connectivity index (χ0n) is 19.8. The first-order chi connectivity index (χ1) is 17.2. The SMILES string of the molecule is CN(C)C1CCN(c2cc3nccc(-c4cccc(NC(=O)c5cccc(C(F)(F)F)c5)c4)n3n2)C1. The molecule has 1 fully saturated rings. The summed E-state index contributed by atoms with van der Waals surface area (Å²) < 4.78 is 40.9. The lowest BCUT2D eigenvalue weighted by molar-refractivity contribution is -0.137. The first-order valence-corrected chi connectivity index (χ1v) is 11.5. The number of nitrogens with one attached hydrogen (secondary N) is 1. The molecule has 0 saturated carbocycles. The first kappa shape index (κ1) is 23.8. The Bertz CT molecular complexity index is 1410. The average molecular weight is 495 g/mol. The second kappa shape index (κ2) is 9.27.